The van der Waals surface area contributed by atoms with Crippen LogP contribution in [0.3, 0.4) is 0 Å². The van der Waals surface area contributed by atoms with Gasteiger partial charge in [-0.15, -0.1) is 0 Å². The van der Waals surface area contributed by atoms with Gasteiger partial charge < -0.3 is 9.88 Å². The van der Waals surface area contributed by atoms with Crippen molar-refractivity contribution in [3.05, 3.63) is 64.4 Å². The van der Waals surface area contributed by atoms with Crippen LogP contribution in [0.15, 0.2) is 53.3 Å². The highest BCUT2D eigenvalue weighted by molar-refractivity contribution is 9.10. The highest BCUT2D eigenvalue weighted by atomic mass is 79.9. The van der Waals surface area contributed by atoms with Crippen LogP contribution in [-0.4, -0.2) is 22.5 Å². The van der Waals surface area contributed by atoms with Crippen molar-refractivity contribution in [2.45, 2.75) is 6.54 Å². The Kier molecular flexibility index (Phi) is 3.75. The standard InChI is InChI=1S/C16H14BrN3O/c1-18-16(21)13-10-20(14-3-2-8-19-15(13)14)9-11-4-6-12(17)7-5-11/h2-8,10H,9H2,1H3,(H,18,21). The molecule has 2 aromatic heterocycles. The minimum atomic E-state index is -0.117. The van der Waals surface area contributed by atoms with Crippen molar-refractivity contribution >= 4 is 32.9 Å². The SMILES string of the molecule is CNC(=O)c1cn(Cc2ccc(Br)cc2)c2cccnc12. The maximum atomic E-state index is 12.0. The summed E-state index contributed by atoms with van der Waals surface area (Å²) >= 11 is 3.43. The first-order chi connectivity index (χ1) is 10.2. The Hall–Kier alpha value is -2.14. The van der Waals surface area contributed by atoms with E-state index in [2.05, 4.69) is 42.9 Å². The molecule has 3 rings (SSSR count). The van der Waals surface area contributed by atoms with Crippen LogP contribution in [0.25, 0.3) is 11.0 Å². The van der Waals surface area contributed by atoms with Crippen molar-refractivity contribution in [2.75, 3.05) is 7.05 Å². The number of carbonyl (C=O) groups is 1. The zero-order valence-corrected chi connectivity index (χ0v) is 13.1. The third kappa shape index (κ3) is 2.69. The summed E-state index contributed by atoms with van der Waals surface area (Å²) in [5, 5.41) is 2.66. The van der Waals surface area contributed by atoms with Crippen molar-refractivity contribution in [1.29, 1.82) is 0 Å². The number of hydrogen-bond donors (Lipinski definition) is 1. The van der Waals surface area contributed by atoms with Gasteiger partial charge in [-0.25, -0.2) is 0 Å². The number of benzene rings is 1. The molecule has 0 saturated heterocycles. The molecule has 0 atom stereocenters. The molecule has 0 spiro atoms. The monoisotopic (exact) mass is 343 g/mol. The zero-order chi connectivity index (χ0) is 14.8. The Bertz CT molecular complexity index is 793. The second-order valence-electron chi connectivity index (χ2n) is 4.75. The van der Waals surface area contributed by atoms with Gasteiger partial charge in [0, 0.05) is 30.5 Å². The molecule has 1 N–H and O–H groups in total. The zero-order valence-electron chi connectivity index (χ0n) is 11.5. The third-order valence-electron chi connectivity index (χ3n) is 3.37. The van der Waals surface area contributed by atoms with E-state index in [-0.39, 0.29) is 5.91 Å². The number of aromatic nitrogens is 2. The van der Waals surface area contributed by atoms with Crippen LogP contribution in [0.5, 0.6) is 0 Å². The fourth-order valence-corrected chi connectivity index (χ4v) is 2.61. The first-order valence-electron chi connectivity index (χ1n) is 6.59. The van der Waals surface area contributed by atoms with Crippen LogP contribution < -0.4 is 5.32 Å². The van der Waals surface area contributed by atoms with Crippen molar-refractivity contribution in [1.82, 2.24) is 14.9 Å². The van der Waals surface area contributed by atoms with Crippen molar-refractivity contribution < 1.29 is 4.79 Å². The first kappa shape index (κ1) is 13.8. The lowest BCUT2D eigenvalue weighted by atomic mass is 10.2. The first-order valence-corrected chi connectivity index (χ1v) is 7.38. The molecule has 0 unspecified atom stereocenters. The lowest BCUT2D eigenvalue weighted by molar-refractivity contribution is 0.0964. The van der Waals surface area contributed by atoms with Gasteiger partial charge in [0.05, 0.1) is 11.1 Å². The molecule has 0 aliphatic rings. The molecule has 3 aromatic rings. The van der Waals surface area contributed by atoms with E-state index in [1.54, 1.807) is 13.2 Å². The summed E-state index contributed by atoms with van der Waals surface area (Å²) in [6.45, 7) is 0.701. The second-order valence-corrected chi connectivity index (χ2v) is 5.66. The molecule has 2 heterocycles. The van der Waals surface area contributed by atoms with Crippen molar-refractivity contribution in [3.8, 4) is 0 Å². The molecule has 1 aromatic carbocycles. The van der Waals surface area contributed by atoms with Gasteiger partial charge in [0.1, 0.15) is 5.52 Å². The van der Waals surface area contributed by atoms with Crippen LogP contribution in [0, 0.1) is 0 Å². The minimum Gasteiger partial charge on any atom is -0.355 e. The molecule has 0 radical (unpaired) electrons. The highest BCUT2D eigenvalue weighted by Gasteiger charge is 2.14. The van der Waals surface area contributed by atoms with Crippen LogP contribution in [-0.2, 0) is 6.54 Å². The van der Waals surface area contributed by atoms with E-state index >= 15 is 0 Å². The predicted octanol–water partition coefficient (Wildman–Crippen LogP) is 3.21. The van der Waals surface area contributed by atoms with E-state index < -0.39 is 0 Å². The summed E-state index contributed by atoms with van der Waals surface area (Å²) in [6.07, 6.45) is 3.57. The average Bonchev–Trinajstić information content (AvgIpc) is 2.88. The Balaban J connectivity index is 2.06. The fraction of sp³-hybridized carbons (Fsp3) is 0.125. The number of rotatable bonds is 3. The molecule has 21 heavy (non-hydrogen) atoms. The summed E-state index contributed by atoms with van der Waals surface area (Å²) < 4.78 is 3.10. The van der Waals surface area contributed by atoms with Crippen molar-refractivity contribution in [2.24, 2.45) is 0 Å². The quantitative estimate of drug-likeness (QED) is 0.793. The van der Waals surface area contributed by atoms with Gasteiger partial charge >= 0.3 is 0 Å². The molecule has 0 aliphatic heterocycles. The van der Waals surface area contributed by atoms with E-state index in [0.717, 1.165) is 15.5 Å². The molecule has 4 nitrogen and oxygen atoms in total. The lowest BCUT2D eigenvalue weighted by Gasteiger charge is -2.05. The summed E-state index contributed by atoms with van der Waals surface area (Å²) in [5.74, 6) is -0.117. The Morgan fingerprint density at radius 1 is 1.29 bits per heavy atom. The smallest absolute Gasteiger partial charge is 0.254 e. The molecule has 0 saturated carbocycles. The number of amides is 1. The number of pyridine rings is 1. The molecular formula is C16H14BrN3O. The van der Waals surface area contributed by atoms with E-state index in [1.165, 1.54) is 5.56 Å². The number of carbonyl (C=O) groups excluding carboxylic acids is 1. The maximum Gasteiger partial charge on any atom is 0.254 e. The fourth-order valence-electron chi connectivity index (χ4n) is 2.34. The Morgan fingerprint density at radius 2 is 2.05 bits per heavy atom. The van der Waals surface area contributed by atoms with Gasteiger partial charge in [-0.1, -0.05) is 28.1 Å². The molecule has 1 amide bonds. The van der Waals surface area contributed by atoms with Gasteiger partial charge in [-0.2, -0.15) is 0 Å². The molecular weight excluding hydrogens is 330 g/mol. The summed E-state index contributed by atoms with van der Waals surface area (Å²) in [7, 11) is 1.63. The average molecular weight is 344 g/mol. The van der Waals surface area contributed by atoms with E-state index in [0.29, 0.717) is 12.1 Å². The van der Waals surface area contributed by atoms with Crippen LogP contribution >= 0.6 is 15.9 Å². The predicted molar refractivity (Wildman–Crippen MR) is 86.4 cm³/mol. The Morgan fingerprint density at radius 3 is 2.76 bits per heavy atom. The number of nitrogens with zero attached hydrogens (tertiary/aromatic N) is 2. The van der Waals surface area contributed by atoms with Gasteiger partial charge in [0.2, 0.25) is 0 Å². The van der Waals surface area contributed by atoms with Crippen LogP contribution in [0.1, 0.15) is 15.9 Å². The lowest BCUT2D eigenvalue weighted by Crippen LogP contribution is -2.17. The number of hydrogen-bond acceptors (Lipinski definition) is 2. The van der Waals surface area contributed by atoms with Crippen LogP contribution in [0.2, 0.25) is 0 Å². The highest BCUT2D eigenvalue weighted by Crippen LogP contribution is 2.21. The minimum absolute atomic E-state index is 0.117. The largest absolute Gasteiger partial charge is 0.355 e. The van der Waals surface area contributed by atoms with Gasteiger partial charge in [-0.3, -0.25) is 9.78 Å². The number of halogens is 1. The topological polar surface area (TPSA) is 46.9 Å². The molecule has 0 fully saturated rings. The van der Waals surface area contributed by atoms with Gasteiger partial charge in [-0.05, 0) is 29.8 Å². The normalized spacial score (nSPS) is 10.8. The van der Waals surface area contributed by atoms with Gasteiger partial charge in [0.25, 0.3) is 5.91 Å². The molecule has 0 bridgehead atoms. The second kappa shape index (κ2) is 5.69. The molecule has 106 valence electrons. The summed E-state index contributed by atoms with van der Waals surface area (Å²) in [5.41, 5.74) is 3.46. The van der Waals surface area contributed by atoms with E-state index in [9.17, 15) is 4.79 Å². The maximum absolute atomic E-state index is 12.0. The third-order valence-corrected chi connectivity index (χ3v) is 3.90. The van der Waals surface area contributed by atoms with E-state index in [4.69, 9.17) is 0 Å². The number of nitrogens with one attached hydrogen (secondary N) is 1. The molecule has 5 heteroatoms. The van der Waals surface area contributed by atoms with Gasteiger partial charge in [0.15, 0.2) is 0 Å². The summed E-state index contributed by atoms with van der Waals surface area (Å²) in [4.78, 5) is 16.3. The Labute approximate surface area is 130 Å². The van der Waals surface area contributed by atoms with Crippen molar-refractivity contribution in [3.63, 3.8) is 0 Å². The van der Waals surface area contributed by atoms with Crippen LogP contribution in [0.4, 0.5) is 0 Å². The summed E-state index contributed by atoms with van der Waals surface area (Å²) in [6, 6.07) is 12.0. The number of fused-ring (bicyclic) bond motifs is 1. The molecule has 0 aliphatic carbocycles. The van der Waals surface area contributed by atoms with E-state index in [1.807, 2.05) is 30.5 Å².